The van der Waals surface area contributed by atoms with Gasteiger partial charge >= 0.3 is 11.7 Å². The molecule has 3 rings (SSSR count). The number of methoxy groups -OCH3 is 2. The van der Waals surface area contributed by atoms with Crippen molar-refractivity contribution in [3.63, 3.8) is 0 Å². The summed E-state index contributed by atoms with van der Waals surface area (Å²) in [7, 11) is 3.33. The molecule has 5 nitrogen and oxygen atoms in total. The highest BCUT2D eigenvalue weighted by molar-refractivity contribution is 5.83. The van der Waals surface area contributed by atoms with Crippen LogP contribution in [0.2, 0.25) is 0 Å². The molecule has 2 atom stereocenters. The zero-order valence-electron chi connectivity index (χ0n) is 12.8. The summed E-state index contributed by atoms with van der Waals surface area (Å²) in [6.45, 7) is 5.27. The zero-order valence-corrected chi connectivity index (χ0v) is 12.8. The van der Waals surface area contributed by atoms with E-state index in [1.807, 2.05) is 6.92 Å². The molecule has 21 heavy (non-hydrogen) atoms. The first-order valence-corrected chi connectivity index (χ1v) is 7.30. The Bertz CT molecular complexity index is 526. The van der Waals surface area contributed by atoms with Crippen LogP contribution in [0.4, 0.5) is 0 Å². The summed E-state index contributed by atoms with van der Waals surface area (Å²) in [6, 6.07) is 0. The van der Waals surface area contributed by atoms with Crippen LogP contribution in [-0.2, 0) is 18.6 Å². The zero-order chi connectivity index (χ0) is 14.8. The fraction of sp³-hybridized carbons (Fsp3) is 0.562. The van der Waals surface area contributed by atoms with E-state index >= 15 is 0 Å². The summed E-state index contributed by atoms with van der Waals surface area (Å²) in [5.74, 6) is 3.91. The maximum Gasteiger partial charge on any atom is 0.425 e. The Balaban J connectivity index is 1.88. The number of ketones is 1. The van der Waals surface area contributed by atoms with Crippen LogP contribution in [0.5, 0.6) is 0 Å². The molecule has 2 heterocycles. The van der Waals surface area contributed by atoms with Crippen LogP contribution < -0.4 is 0 Å². The lowest BCUT2D eigenvalue weighted by Crippen LogP contribution is -2.39. The molecule has 0 aromatic rings. The van der Waals surface area contributed by atoms with Crippen molar-refractivity contribution in [1.29, 1.82) is 0 Å². The largest absolute Gasteiger partial charge is 0.493 e. The van der Waals surface area contributed by atoms with Gasteiger partial charge in [0, 0.05) is 32.0 Å². The molecular weight excluding hydrogens is 270 g/mol. The number of carbonyl (C=O) groups excluding carboxylic acids is 1. The summed E-state index contributed by atoms with van der Waals surface area (Å²) in [4.78, 5) is 2.24. The minimum absolute atomic E-state index is 0.198. The van der Waals surface area contributed by atoms with Crippen LogP contribution in [0.25, 0.3) is 0 Å². The van der Waals surface area contributed by atoms with Gasteiger partial charge in [-0.3, -0.25) is 4.90 Å². The van der Waals surface area contributed by atoms with Gasteiger partial charge in [-0.15, -0.1) is 0 Å². The SMILES string of the molecule is COC1=C[C@H]2C=C(N3CCOCC3)[O+]=C(C)[C@H]2C=C1OC. The predicted octanol–water partition coefficient (Wildman–Crippen LogP) is 1.60. The number of morpholine rings is 1. The second kappa shape index (κ2) is 5.93. The lowest BCUT2D eigenvalue weighted by Gasteiger charge is -2.28. The average Bonchev–Trinajstić information content (AvgIpc) is 2.54. The van der Waals surface area contributed by atoms with Gasteiger partial charge in [0.05, 0.1) is 27.4 Å². The lowest BCUT2D eigenvalue weighted by molar-refractivity contribution is -0.429. The molecule has 0 N–H and O–H groups in total. The molecule has 0 saturated carbocycles. The summed E-state index contributed by atoms with van der Waals surface area (Å²) in [5, 5.41) is 0. The molecule has 1 fully saturated rings. The molecule has 0 bridgehead atoms. The Kier molecular flexibility index (Phi) is 4.01. The van der Waals surface area contributed by atoms with Crippen molar-refractivity contribution in [2.75, 3.05) is 40.5 Å². The van der Waals surface area contributed by atoms with Gasteiger partial charge in [-0.25, -0.2) is 0 Å². The molecule has 0 aromatic carbocycles. The lowest BCUT2D eigenvalue weighted by atomic mass is 9.83. The van der Waals surface area contributed by atoms with Crippen molar-refractivity contribution < 1.29 is 18.6 Å². The van der Waals surface area contributed by atoms with Gasteiger partial charge in [-0.2, -0.15) is 4.42 Å². The normalized spacial score (nSPS) is 28.8. The monoisotopic (exact) mass is 292 g/mol. The Hall–Kier alpha value is -1.75. The number of fused-ring (bicyclic) bond motifs is 1. The first kappa shape index (κ1) is 14.2. The highest BCUT2D eigenvalue weighted by Crippen LogP contribution is 2.33. The van der Waals surface area contributed by atoms with E-state index in [-0.39, 0.29) is 11.8 Å². The quantitative estimate of drug-likeness (QED) is 0.741. The third kappa shape index (κ3) is 2.70. The Morgan fingerprint density at radius 1 is 1.10 bits per heavy atom. The van der Waals surface area contributed by atoms with Crippen LogP contribution in [0.15, 0.2) is 35.6 Å². The van der Waals surface area contributed by atoms with E-state index in [4.69, 9.17) is 18.6 Å². The summed E-state index contributed by atoms with van der Waals surface area (Å²) < 4.78 is 22.2. The maximum absolute atomic E-state index is 6.03. The number of ether oxygens (including phenoxy) is 3. The highest BCUT2D eigenvalue weighted by atomic mass is 16.5. The van der Waals surface area contributed by atoms with E-state index in [9.17, 15) is 0 Å². The number of nitrogens with zero attached hydrogens (tertiary/aromatic N) is 1. The van der Waals surface area contributed by atoms with Crippen LogP contribution in [0, 0.1) is 11.8 Å². The molecule has 0 spiro atoms. The van der Waals surface area contributed by atoms with Gasteiger partial charge in [0.1, 0.15) is 5.92 Å². The van der Waals surface area contributed by atoms with E-state index in [1.54, 1.807) is 14.2 Å². The van der Waals surface area contributed by atoms with E-state index in [1.165, 1.54) is 0 Å². The molecular formula is C16H22NO4+. The van der Waals surface area contributed by atoms with Crippen molar-refractivity contribution in [3.8, 4) is 0 Å². The first-order chi connectivity index (χ1) is 10.2. The molecule has 0 amide bonds. The van der Waals surface area contributed by atoms with E-state index in [0.717, 1.165) is 49.5 Å². The van der Waals surface area contributed by atoms with Crippen LogP contribution in [-0.4, -0.2) is 51.2 Å². The molecule has 5 heteroatoms. The molecule has 0 aromatic heterocycles. The Morgan fingerprint density at radius 2 is 1.76 bits per heavy atom. The fourth-order valence-electron chi connectivity index (χ4n) is 2.98. The molecule has 0 radical (unpaired) electrons. The summed E-state index contributed by atoms with van der Waals surface area (Å²) >= 11 is 0. The van der Waals surface area contributed by atoms with Gasteiger partial charge in [-0.1, -0.05) is 0 Å². The number of allylic oxidation sites excluding steroid dienone is 3. The third-order valence-corrected chi connectivity index (χ3v) is 4.16. The molecule has 0 unspecified atom stereocenters. The van der Waals surface area contributed by atoms with Crippen molar-refractivity contribution in [3.05, 3.63) is 35.6 Å². The van der Waals surface area contributed by atoms with E-state index < -0.39 is 0 Å². The van der Waals surface area contributed by atoms with Crippen LogP contribution in [0.1, 0.15) is 6.92 Å². The highest BCUT2D eigenvalue weighted by Gasteiger charge is 2.39. The summed E-state index contributed by atoms with van der Waals surface area (Å²) in [5.41, 5.74) is 0. The van der Waals surface area contributed by atoms with E-state index in [2.05, 4.69) is 23.1 Å². The maximum atomic E-state index is 6.03. The second-order valence-electron chi connectivity index (χ2n) is 5.39. The van der Waals surface area contributed by atoms with Crippen LogP contribution >= 0.6 is 0 Å². The van der Waals surface area contributed by atoms with Gasteiger partial charge in [0.15, 0.2) is 11.5 Å². The van der Waals surface area contributed by atoms with Crippen molar-refractivity contribution in [2.45, 2.75) is 6.92 Å². The second-order valence-corrected chi connectivity index (χ2v) is 5.39. The van der Waals surface area contributed by atoms with Gasteiger partial charge in [-0.05, 0) is 12.2 Å². The molecule has 114 valence electrons. The van der Waals surface area contributed by atoms with Crippen molar-refractivity contribution in [2.24, 2.45) is 11.8 Å². The number of hydrogen-bond acceptors (Lipinski definition) is 4. The fourth-order valence-corrected chi connectivity index (χ4v) is 2.98. The van der Waals surface area contributed by atoms with Gasteiger partial charge in [0.2, 0.25) is 0 Å². The Morgan fingerprint density at radius 3 is 2.43 bits per heavy atom. The first-order valence-electron chi connectivity index (χ1n) is 7.30. The molecule has 2 aliphatic heterocycles. The van der Waals surface area contributed by atoms with Crippen molar-refractivity contribution >= 4 is 5.78 Å². The van der Waals surface area contributed by atoms with Gasteiger partial charge in [0.25, 0.3) is 0 Å². The minimum Gasteiger partial charge on any atom is -0.493 e. The third-order valence-electron chi connectivity index (χ3n) is 4.16. The van der Waals surface area contributed by atoms with Gasteiger partial charge < -0.3 is 14.2 Å². The minimum atomic E-state index is 0.198. The number of rotatable bonds is 3. The topological polar surface area (TPSA) is 42.2 Å². The van der Waals surface area contributed by atoms with Crippen molar-refractivity contribution in [1.82, 2.24) is 4.90 Å². The average molecular weight is 292 g/mol. The predicted molar refractivity (Wildman–Crippen MR) is 78.3 cm³/mol. The molecule has 3 aliphatic rings. The molecule has 1 aliphatic carbocycles. The molecule has 1 saturated heterocycles. The van der Waals surface area contributed by atoms with E-state index in [0.29, 0.717) is 0 Å². The smallest absolute Gasteiger partial charge is 0.425 e. The Labute approximate surface area is 125 Å². The standard InChI is InChI=1S/C16H22NO4/c1-11-13-10-15(19-3)14(18-2)8-12(13)9-16(21-11)17-4-6-20-7-5-17/h8-10,12-13H,4-7H2,1-3H3/q+1/t12-,13+/m0/s1. The summed E-state index contributed by atoms with van der Waals surface area (Å²) in [6.07, 6.45) is 6.35. The number of hydrogen-bond donors (Lipinski definition) is 0. The van der Waals surface area contributed by atoms with Crippen LogP contribution in [0.3, 0.4) is 0 Å².